The predicted octanol–water partition coefficient (Wildman–Crippen LogP) is 3.08. The SMILES string of the molecule is Fc1ccc(Cl)c(I)c1. The minimum absolute atomic E-state index is 0.246. The second-order valence-corrected chi connectivity index (χ2v) is 3.13. The van der Waals surface area contributed by atoms with Gasteiger partial charge < -0.3 is 0 Å². The largest absolute Gasteiger partial charge is 0.207 e. The van der Waals surface area contributed by atoms with Gasteiger partial charge in [-0.15, -0.1) is 0 Å². The fraction of sp³-hybridized carbons (Fsp3) is 0. The molecule has 0 N–H and O–H groups in total. The smallest absolute Gasteiger partial charge is 0.124 e. The summed E-state index contributed by atoms with van der Waals surface area (Å²) in [6.45, 7) is 0. The van der Waals surface area contributed by atoms with Gasteiger partial charge in [0.1, 0.15) is 5.82 Å². The lowest BCUT2D eigenvalue weighted by Crippen LogP contribution is -1.75. The Bertz CT molecular complexity index is 224. The Labute approximate surface area is 71.2 Å². The molecule has 48 valence electrons. The van der Waals surface area contributed by atoms with E-state index in [1.54, 1.807) is 6.07 Å². The third-order valence-electron chi connectivity index (χ3n) is 0.882. The van der Waals surface area contributed by atoms with Gasteiger partial charge in [-0.1, -0.05) is 11.6 Å². The highest BCUT2D eigenvalue weighted by Gasteiger charge is 1.95. The van der Waals surface area contributed by atoms with Gasteiger partial charge in [0.25, 0.3) is 0 Å². The molecule has 0 aromatic heterocycles. The van der Waals surface area contributed by atoms with Crippen molar-refractivity contribution in [2.24, 2.45) is 0 Å². The standard InChI is InChI=1S/C6H3ClFI/c7-5-2-1-4(8)3-6(5)9/h1-3H. The van der Waals surface area contributed by atoms with Crippen molar-refractivity contribution in [3.8, 4) is 0 Å². The molecule has 9 heavy (non-hydrogen) atoms. The van der Waals surface area contributed by atoms with Gasteiger partial charge in [0.15, 0.2) is 0 Å². The van der Waals surface area contributed by atoms with Gasteiger partial charge in [-0.2, -0.15) is 0 Å². The van der Waals surface area contributed by atoms with Crippen LogP contribution in [-0.4, -0.2) is 0 Å². The summed E-state index contributed by atoms with van der Waals surface area (Å²) in [6, 6.07) is 4.27. The van der Waals surface area contributed by atoms with Crippen molar-refractivity contribution in [2.75, 3.05) is 0 Å². The summed E-state index contributed by atoms with van der Waals surface area (Å²) in [7, 11) is 0. The Morgan fingerprint density at radius 3 is 2.56 bits per heavy atom. The quantitative estimate of drug-likeness (QED) is 0.494. The van der Waals surface area contributed by atoms with Crippen LogP contribution in [-0.2, 0) is 0 Å². The van der Waals surface area contributed by atoms with E-state index in [2.05, 4.69) is 0 Å². The first-order valence-corrected chi connectivity index (χ1v) is 3.76. The molecule has 3 heteroatoms. The van der Waals surface area contributed by atoms with Gasteiger partial charge in [-0.3, -0.25) is 0 Å². The van der Waals surface area contributed by atoms with Gasteiger partial charge in [-0.05, 0) is 40.8 Å². The lowest BCUT2D eigenvalue weighted by molar-refractivity contribution is 0.627. The van der Waals surface area contributed by atoms with Crippen LogP contribution in [0.3, 0.4) is 0 Å². The molecule has 0 saturated heterocycles. The summed E-state index contributed by atoms with van der Waals surface area (Å²) >= 11 is 7.58. The number of halogens is 3. The van der Waals surface area contributed by atoms with E-state index in [1.165, 1.54) is 12.1 Å². The zero-order chi connectivity index (χ0) is 6.85. The number of benzene rings is 1. The van der Waals surface area contributed by atoms with Crippen molar-refractivity contribution in [1.82, 2.24) is 0 Å². The van der Waals surface area contributed by atoms with Crippen molar-refractivity contribution in [3.63, 3.8) is 0 Å². The van der Waals surface area contributed by atoms with Gasteiger partial charge in [-0.25, -0.2) is 4.39 Å². The van der Waals surface area contributed by atoms with E-state index >= 15 is 0 Å². The number of hydrogen-bond acceptors (Lipinski definition) is 0. The van der Waals surface area contributed by atoms with E-state index in [1.807, 2.05) is 22.6 Å². The predicted molar refractivity (Wildman–Crippen MR) is 44.1 cm³/mol. The first-order valence-electron chi connectivity index (χ1n) is 2.30. The van der Waals surface area contributed by atoms with E-state index in [0.29, 0.717) is 5.02 Å². The molecular formula is C6H3ClFI. The molecule has 0 nitrogen and oxygen atoms in total. The summed E-state index contributed by atoms with van der Waals surface area (Å²) in [5, 5.41) is 0.594. The van der Waals surface area contributed by atoms with Crippen LogP contribution in [0, 0.1) is 9.39 Å². The summed E-state index contributed by atoms with van der Waals surface area (Å²) in [4.78, 5) is 0. The van der Waals surface area contributed by atoms with Gasteiger partial charge in [0.05, 0.1) is 5.02 Å². The van der Waals surface area contributed by atoms with Crippen molar-refractivity contribution in [3.05, 3.63) is 32.6 Å². The monoisotopic (exact) mass is 256 g/mol. The van der Waals surface area contributed by atoms with Gasteiger partial charge in [0.2, 0.25) is 0 Å². The molecule has 0 bridgehead atoms. The van der Waals surface area contributed by atoms with Crippen LogP contribution < -0.4 is 0 Å². The van der Waals surface area contributed by atoms with Crippen LogP contribution >= 0.6 is 34.2 Å². The van der Waals surface area contributed by atoms with Gasteiger partial charge >= 0.3 is 0 Å². The summed E-state index contributed by atoms with van der Waals surface area (Å²) in [5.74, 6) is -0.246. The lowest BCUT2D eigenvalue weighted by atomic mass is 10.4. The molecule has 0 saturated carbocycles. The van der Waals surface area contributed by atoms with Crippen LogP contribution in [0.15, 0.2) is 18.2 Å². The maximum absolute atomic E-state index is 12.3. The van der Waals surface area contributed by atoms with Crippen LogP contribution in [0.1, 0.15) is 0 Å². The fourth-order valence-electron chi connectivity index (χ4n) is 0.470. The molecule has 0 amide bonds. The first-order chi connectivity index (χ1) is 4.20. The van der Waals surface area contributed by atoms with E-state index < -0.39 is 0 Å². The average Bonchev–Trinajstić information content (AvgIpc) is 1.80. The Morgan fingerprint density at radius 2 is 2.11 bits per heavy atom. The second kappa shape index (κ2) is 2.84. The van der Waals surface area contributed by atoms with Crippen molar-refractivity contribution in [2.45, 2.75) is 0 Å². The topological polar surface area (TPSA) is 0 Å². The maximum atomic E-state index is 12.3. The lowest BCUT2D eigenvalue weighted by Gasteiger charge is -1.92. The van der Waals surface area contributed by atoms with Crippen LogP contribution in [0.2, 0.25) is 5.02 Å². The molecule has 0 spiro atoms. The van der Waals surface area contributed by atoms with E-state index in [9.17, 15) is 4.39 Å². The molecule has 0 atom stereocenters. The Morgan fingerprint density at radius 1 is 1.44 bits per heavy atom. The van der Waals surface area contributed by atoms with E-state index in [4.69, 9.17) is 11.6 Å². The van der Waals surface area contributed by atoms with E-state index in [-0.39, 0.29) is 5.82 Å². The zero-order valence-electron chi connectivity index (χ0n) is 4.37. The highest BCUT2D eigenvalue weighted by atomic mass is 127. The summed E-state index contributed by atoms with van der Waals surface area (Å²) in [6.07, 6.45) is 0. The van der Waals surface area contributed by atoms with Crippen molar-refractivity contribution >= 4 is 34.2 Å². The fourth-order valence-corrected chi connectivity index (χ4v) is 1.07. The third kappa shape index (κ3) is 1.79. The normalized spacial score (nSPS) is 9.67. The maximum Gasteiger partial charge on any atom is 0.124 e. The first kappa shape index (κ1) is 7.28. The minimum atomic E-state index is -0.246. The van der Waals surface area contributed by atoms with Gasteiger partial charge in [0, 0.05) is 3.57 Å². The molecule has 0 unspecified atom stereocenters. The molecule has 1 aromatic carbocycles. The minimum Gasteiger partial charge on any atom is -0.207 e. The van der Waals surface area contributed by atoms with Crippen LogP contribution in [0.25, 0.3) is 0 Å². The molecule has 0 aliphatic rings. The number of rotatable bonds is 0. The molecule has 0 radical (unpaired) electrons. The average molecular weight is 256 g/mol. The summed E-state index contributed by atoms with van der Waals surface area (Å²) in [5.41, 5.74) is 0. The number of hydrogen-bond donors (Lipinski definition) is 0. The Balaban J connectivity index is 3.17. The van der Waals surface area contributed by atoms with Crippen molar-refractivity contribution in [1.29, 1.82) is 0 Å². The highest BCUT2D eigenvalue weighted by molar-refractivity contribution is 14.1. The molecule has 0 heterocycles. The summed E-state index contributed by atoms with van der Waals surface area (Å²) < 4.78 is 13.0. The molecule has 0 fully saturated rings. The molecule has 0 aliphatic carbocycles. The Hall–Kier alpha value is 0.170. The zero-order valence-corrected chi connectivity index (χ0v) is 7.28. The van der Waals surface area contributed by atoms with Crippen molar-refractivity contribution < 1.29 is 4.39 Å². The molecule has 0 aliphatic heterocycles. The molecular weight excluding hydrogens is 253 g/mol. The second-order valence-electron chi connectivity index (χ2n) is 1.56. The molecule has 1 rings (SSSR count). The van der Waals surface area contributed by atoms with E-state index in [0.717, 1.165) is 3.57 Å². The van der Waals surface area contributed by atoms with Crippen LogP contribution in [0.5, 0.6) is 0 Å². The van der Waals surface area contributed by atoms with Crippen LogP contribution in [0.4, 0.5) is 4.39 Å². The Kier molecular flexibility index (Phi) is 2.29. The third-order valence-corrected chi connectivity index (χ3v) is 2.42. The highest BCUT2D eigenvalue weighted by Crippen LogP contribution is 2.18. The molecule has 1 aromatic rings.